The van der Waals surface area contributed by atoms with Crippen LogP contribution in [0.25, 0.3) is 10.3 Å². The summed E-state index contributed by atoms with van der Waals surface area (Å²) in [4.78, 5) is 55.1. The van der Waals surface area contributed by atoms with E-state index in [0.29, 0.717) is 10.4 Å². The van der Waals surface area contributed by atoms with Gasteiger partial charge < -0.3 is 24.7 Å². The molecule has 4 atom stereocenters. The maximum absolute atomic E-state index is 12.8. The number of carbonyl (C=O) groups is 3. The number of nitrogens with zero attached hydrogens (tertiary/aromatic N) is 3. The van der Waals surface area contributed by atoms with Crippen LogP contribution < -0.4 is 10.6 Å². The summed E-state index contributed by atoms with van der Waals surface area (Å²) in [6, 6.07) is 0. The van der Waals surface area contributed by atoms with Gasteiger partial charge in [0.05, 0.1) is 10.4 Å². The number of ether oxygens (including phenoxy) is 4. The van der Waals surface area contributed by atoms with Crippen LogP contribution in [0, 0.1) is 6.92 Å². The number of aryl methyl sites for hydroxylation is 1. The molecule has 1 unspecified atom stereocenters. The van der Waals surface area contributed by atoms with Gasteiger partial charge in [-0.15, -0.1) is 0 Å². The monoisotopic (exact) mass is 440 g/mol. The molecule has 0 bridgehead atoms. The number of thiazole rings is 1. The van der Waals surface area contributed by atoms with Crippen molar-refractivity contribution in [2.75, 3.05) is 12.3 Å². The Morgan fingerprint density at radius 2 is 1.73 bits per heavy atom. The fraction of sp³-hybridized carbons (Fsp3) is 0.529. The smallest absolute Gasteiger partial charge is 0.311 e. The minimum Gasteiger partial charge on any atom is -0.463 e. The Morgan fingerprint density at radius 1 is 1.10 bits per heavy atom. The van der Waals surface area contributed by atoms with E-state index in [0.717, 1.165) is 11.3 Å². The van der Waals surface area contributed by atoms with Gasteiger partial charge in [0.2, 0.25) is 5.95 Å². The average molecular weight is 440 g/mol. The van der Waals surface area contributed by atoms with Gasteiger partial charge in [-0.3, -0.25) is 23.7 Å². The van der Waals surface area contributed by atoms with E-state index in [4.69, 9.17) is 24.7 Å². The molecule has 0 amide bonds. The number of anilines is 1. The first-order valence-corrected chi connectivity index (χ1v) is 9.68. The van der Waals surface area contributed by atoms with Crippen molar-refractivity contribution in [1.29, 1.82) is 0 Å². The van der Waals surface area contributed by atoms with Gasteiger partial charge in [0.15, 0.2) is 24.1 Å². The summed E-state index contributed by atoms with van der Waals surface area (Å²) in [6.07, 6.45) is -4.51. The van der Waals surface area contributed by atoms with E-state index >= 15 is 0 Å². The Hall–Kier alpha value is -3.06. The van der Waals surface area contributed by atoms with Gasteiger partial charge in [-0.2, -0.15) is 4.98 Å². The van der Waals surface area contributed by atoms with Crippen LogP contribution in [0.3, 0.4) is 0 Å². The highest BCUT2D eigenvalue weighted by Gasteiger charge is 2.51. The summed E-state index contributed by atoms with van der Waals surface area (Å²) in [5.74, 6) is -1.99. The van der Waals surface area contributed by atoms with E-state index in [9.17, 15) is 19.2 Å². The van der Waals surface area contributed by atoms with Crippen LogP contribution in [0.5, 0.6) is 0 Å². The summed E-state index contributed by atoms with van der Waals surface area (Å²) in [7, 11) is 0. The lowest BCUT2D eigenvalue weighted by molar-refractivity contribution is -0.166. The molecule has 3 heterocycles. The number of nitrogen functional groups attached to an aromatic ring is 1. The highest BCUT2D eigenvalue weighted by molar-refractivity contribution is 7.16. The van der Waals surface area contributed by atoms with Crippen molar-refractivity contribution < 1.29 is 33.3 Å². The van der Waals surface area contributed by atoms with Gasteiger partial charge in [-0.05, 0) is 6.92 Å². The van der Waals surface area contributed by atoms with Gasteiger partial charge >= 0.3 is 22.8 Å². The Kier molecular flexibility index (Phi) is 6.03. The topological polar surface area (TPSA) is 162 Å². The molecule has 2 N–H and O–H groups in total. The van der Waals surface area contributed by atoms with Crippen molar-refractivity contribution in [1.82, 2.24) is 14.5 Å². The van der Waals surface area contributed by atoms with Gasteiger partial charge in [-0.25, -0.2) is 4.98 Å². The molecule has 0 saturated carbocycles. The van der Waals surface area contributed by atoms with Crippen LogP contribution >= 0.6 is 11.3 Å². The molecule has 162 valence electrons. The molecule has 2 aromatic rings. The first kappa shape index (κ1) is 21.6. The Labute approximate surface area is 173 Å². The summed E-state index contributed by atoms with van der Waals surface area (Å²) in [5.41, 5.74) is 6.41. The molecular weight excluding hydrogens is 420 g/mol. The van der Waals surface area contributed by atoms with Crippen LogP contribution in [-0.4, -0.2) is 57.4 Å². The highest BCUT2D eigenvalue weighted by Crippen LogP contribution is 2.36. The molecule has 1 aliphatic rings. The van der Waals surface area contributed by atoms with Crippen LogP contribution in [0.4, 0.5) is 5.95 Å². The number of rotatable bonds is 5. The van der Waals surface area contributed by atoms with E-state index in [-0.39, 0.29) is 18.2 Å². The van der Waals surface area contributed by atoms with E-state index in [1.54, 1.807) is 6.92 Å². The Bertz CT molecular complexity index is 1060. The SMILES string of the molecule is CC(=O)OC[C@H]1O[C@@H](n2c(=O)sc3c(C)nc(N)nc32)C(OC(C)=O)[C@@H]1OC(C)=O. The van der Waals surface area contributed by atoms with Crippen molar-refractivity contribution >= 4 is 45.5 Å². The van der Waals surface area contributed by atoms with Crippen molar-refractivity contribution in [3.8, 4) is 0 Å². The summed E-state index contributed by atoms with van der Waals surface area (Å²) < 4.78 is 23.2. The second-order valence-electron chi connectivity index (χ2n) is 6.57. The second-order valence-corrected chi connectivity index (χ2v) is 7.54. The zero-order valence-corrected chi connectivity index (χ0v) is 17.4. The van der Waals surface area contributed by atoms with Crippen LogP contribution in [-0.2, 0) is 33.3 Å². The van der Waals surface area contributed by atoms with Gasteiger partial charge in [-0.1, -0.05) is 11.3 Å². The highest BCUT2D eigenvalue weighted by atomic mass is 32.1. The molecule has 1 aliphatic heterocycles. The molecule has 0 aliphatic carbocycles. The maximum atomic E-state index is 12.8. The number of hydrogen-bond acceptors (Lipinski definition) is 12. The van der Waals surface area contributed by atoms with Crippen LogP contribution in [0.15, 0.2) is 4.79 Å². The first-order valence-electron chi connectivity index (χ1n) is 8.87. The van der Waals surface area contributed by atoms with Crippen molar-refractivity contribution in [3.05, 3.63) is 15.4 Å². The third kappa shape index (κ3) is 4.26. The lowest BCUT2D eigenvalue weighted by Gasteiger charge is -2.23. The largest absolute Gasteiger partial charge is 0.463 e. The number of nitrogens with two attached hydrogens (primary N) is 1. The molecule has 12 nitrogen and oxygen atoms in total. The number of esters is 3. The van der Waals surface area contributed by atoms with E-state index in [1.807, 2.05) is 0 Å². The van der Waals surface area contributed by atoms with Gasteiger partial charge in [0, 0.05) is 20.8 Å². The van der Waals surface area contributed by atoms with Gasteiger partial charge in [0.1, 0.15) is 12.7 Å². The third-order valence-corrected chi connectivity index (χ3v) is 5.30. The first-order chi connectivity index (χ1) is 14.1. The Morgan fingerprint density at radius 3 is 2.33 bits per heavy atom. The molecule has 1 saturated heterocycles. The molecule has 2 aromatic heterocycles. The minimum absolute atomic E-state index is 0.0541. The van der Waals surface area contributed by atoms with Crippen LogP contribution in [0.2, 0.25) is 0 Å². The fourth-order valence-corrected chi connectivity index (χ4v) is 4.09. The number of hydrogen-bond donors (Lipinski definition) is 1. The summed E-state index contributed by atoms with van der Waals surface area (Å²) in [5, 5.41) is 0. The van der Waals surface area contributed by atoms with E-state index < -0.39 is 47.3 Å². The quantitative estimate of drug-likeness (QED) is 0.494. The summed E-state index contributed by atoms with van der Waals surface area (Å²) in [6.45, 7) is 4.93. The lowest BCUT2D eigenvalue weighted by atomic mass is 10.1. The molecule has 3 rings (SSSR count). The molecule has 13 heteroatoms. The number of carbonyl (C=O) groups excluding carboxylic acids is 3. The molecule has 0 aromatic carbocycles. The van der Waals surface area contributed by atoms with E-state index in [1.165, 1.54) is 25.3 Å². The van der Waals surface area contributed by atoms with Crippen molar-refractivity contribution in [2.24, 2.45) is 0 Å². The number of aromatic nitrogens is 3. The standard InChI is InChI=1S/C17H20N4O8S/c1-6-13-14(20-16(18)19-6)21(17(25)30-13)15-12(28-9(4)24)11(27-8(3)23)10(29-15)5-26-7(2)22/h10-12,15H,5H2,1-4H3,(H2,18,19,20)/t10-,11-,12?,15-/m1/s1. The number of fused-ring (bicyclic) bond motifs is 1. The third-order valence-electron chi connectivity index (χ3n) is 4.24. The fourth-order valence-electron chi connectivity index (χ4n) is 3.20. The molecular formula is C17H20N4O8S. The lowest BCUT2D eigenvalue weighted by Crippen LogP contribution is -2.41. The zero-order valence-electron chi connectivity index (χ0n) is 16.6. The van der Waals surface area contributed by atoms with Gasteiger partial charge in [0.25, 0.3) is 0 Å². The summed E-state index contributed by atoms with van der Waals surface area (Å²) >= 11 is 0.870. The predicted molar refractivity (Wildman–Crippen MR) is 102 cm³/mol. The van der Waals surface area contributed by atoms with Crippen molar-refractivity contribution in [3.63, 3.8) is 0 Å². The maximum Gasteiger partial charge on any atom is 0.311 e. The zero-order chi connectivity index (χ0) is 22.2. The molecule has 1 fully saturated rings. The molecule has 0 radical (unpaired) electrons. The predicted octanol–water partition coefficient (Wildman–Crippen LogP) is 0.0675. The second kappa shape index (κ2) is 8.36. The molecule has 30 heavy (non-hydrogen) atoms. The van der Waals surface area contributed by atoms with Crippen molar-refractivity contribution in [2.45, 2.75) is 52.2 Å². The average Bonchev–Trinajstić information content (AvgIpc) is 3.10. The minimum atomic E-state index is -1.20. The molecule has 0 spiro atoms. The normalized spacial score (nSPS) is 23.3. The Balaban J connectivity index is 2.11. The van der Waals surface area contributed by atoms with Crippen LogP contribution in [0.1, 0.15) is 32.7 Å². The van der Waals surface area contributed by atoms with E-state index in [2.05, 4.69) is 9.97 Å².